The van der Waals surface area contributed by atoms with Crippen LogP contribution in [-0.4, -0.2) is 16.2 Å². The summed E-state index contributed by atoms with van der Waals surface area (Å²) in [6.45, 7) is 4.37. The number of para-hydroxylation sites is 1. The lowest BCUT2D eigenvalue weighted by Crippen LogP contribution is -2.29. The lowest BCUT2D eigenvalue weighted by atomic mass is 9.85. The van der Waals surface area contributed by atoms with Crippen LogP contribution in [0.3, 0.4) is 0 Å². The molecule has 2 aromatic carbocycles. The van der Waals surface area contributed by atoms with Gasteiger partial charge in [-0.1, -0.05) is 40.2 Å². The number of aliphatic imine (C=N–C) groups is 1. The van der Waals surface area contributed by atoms with Gasteiger partial charge in [0.05, 0.1) is 16.8 Å². The van der Waals surface area contributed by atoms with Crippen LogP contribution in [0.25, 0.3) is 10.9 Å². The third kappa shape index (κ3) is 2.70. The van der Waals surface area contributed by atoms with Gasteiger partial charge in [-0.2, -0.15) is 0 Å². The van der Waals surface area contributed by atoms with E-state index in [1.807, 2.05) is 24.4 Å². The van der Waals surface area contributed by atoms with Crippen LogP contribution in [0.1, 0.15) is 30.5 Å². The van der Waals surface area contributed by atoms with Crippen LogP contribution in [0.4, 0.5) is 0 Å². The average molecular weight is 365 g/mol. The smallest absolute Gasteiger partial charge is 0.0744 e. The summed E-state index contributed by atoms with van der Waals surface area (Å²) >= 11 is 3.58. The standard InChI is InChI=1S/C20H17BrN2/c1-20(2)11-14-10-16(21)7-8-17(14)19(23-20)15-9-13-5-3-4-6-18(13)22-12-15/h3-10,12H,11H2,1-2H3. The van der Waals surface area contributed by atoms with Gasteiger partial charge in [0.25, 0.3) is 0 Å². The minimum atomic E-state index is -0.102. The van der Waals surface area contributed by atoms with Crippen LogP contribution in [0.5, 0.6) is 0 Å². The summed E-state index contributed by atoms with van der Waals surface area (Å²) in [5, 5.41) is 1.15. The van der Waals surface area contributed by atoms with Crippen molar-refractivity contribution >= 4 is 32.5 Å². The van der Waals surface area contributed by atoms with Gasteiger partial charge < -0.3 is 0 Å². The lowest BCUT2D eigenvalue weighted by molar-refractivity contribution is 0.513. The Kier molecular flexibility index (Phi) is 3.34. The van der Waals surface area contributed by atoms with Crippen LogP contribution in [0.2, 0.25) is 0 Å². The number of hydrogen-bond donors (Lipinski definition) is 0. The van der Waals surface area contributed by atoms with Crippen LogP contribution in [0.15, 0.2) is 64.2 Å². The molecule has 0 aliphatic carbocycles. The Bertz CT molecular complexity index is 941. The topological polar surface area (TPSA) is 25.2 Å². The first-order valence-corrected chi connectivity index (χ1v) is 8.55. The third-order valence-corrected chi connectivity index (χ3v) is 4.72. The van der Waals surface area contributed by atoms with Crippen LogP contribution >= 0.6 is 15.9 Å². The average Bonchev–Trinajstić information content (AvgIpc) is 2.52. The molecule has 0 N–H and O–H groups in total. The number of nitrogens with zero attached hydrogens (tertiary/aromatic N) is 2. The Hall–Kier alpha value is -2.00. The van der Waals surface area contributed by atoms with Gasteiger partial charge in [0, 0.05) is 27.2 Å². The Morgan fingerprint density at radius 3 is 2.74 bits per heavy atom. The molecule has 0 atom stereocenters. The van der Waals surface area contributed by atoms with Crippen molar-refractivity contribution in [2.75, 3.05) is 0 Å². The number of hydrogen-bond acceptors (Lipinski definition) is 2. The number of rotatable bonds is 1. The van der Waals surface area contributed by atoms with Crippen molar-refractivity contribution in [3.8, 4) is 0 Å². The van der Waals surface area contributed by atoms with E-state index in [0.29, 0.717) is 0 Å². The van der Waals surface area contributed by atoms with Gasteiger partial charge in [-0.15, -0.1) is 0 Å². The van der Waals surface area contributed by atoms with Gasteiger partial charge in [0.2, 0.25) is 0 Å². The van der Waals surface area contributed by atoms with E-state index in [-0.39, 0.29) is 5.54 Å². The third-order valence-electron chi connectivity index (χ3n) is 4.22. The summed E-state index contributed by atoms with van der Waals surface area (Å²) in [5.74, 6) is 0. The molecule has 0 saturated heterocycles. The van der Waals surface area contributed by atoms with E-state index in [0.717, 1.165) is 33.1 Å². The summed E-state index contributed by atoms with van der Waals surface area (Å²) in [4.78, 5) is 9.63. The van der Waals surface area contributed by atoms with Crippen molar-refractivity contribution in [1.82, 2.24) is 4.98 Å². The van der Waals surface area contributed by atoms with E-state index >= 15 is 0 Å². The zero-order valence-corrected chi connectivity index (χ0v) is 14.8. The maximum Gasteiger partial charge on any atom is 0.0744 e. The second kappa shape index (κ2) is 5.27. The molecule has 3 heteroatoms. The van der Waals surface area contributed by atoms with Gasteiger partial charge in [-0.05, 0) is 50.1 Å². The Balaban J connectivity index is 1.93. The van der Waals surface area contributed by atoms with Crippen molar-refractivity contribution in [3.63, 3.8) is 0 Å². The fourth-order valence-electron chi connectivity index (χ4n) is 3.23. The van der Waals surface area contributed by atoms with Gasteiger partial charge in [0.15, 0.2) is 0 Å². The zero-order chi connectivity index (χ0) is 16.0. The maximum atomic E-state index is 5.02. The van der Waals surface area contributed by atoms with E-state index in [9.17, 15) is 0 Å². The van der Waals surface area contributed by atoms with Crippen molar-refractivity contribution in [2.45, 2.75) is 25.8 Å². The molecule has 0 radical (unpaired) electrons. The predicted molar refractivity (Wildman–Crippen MR) is 99.3 cm³/mol. The van der Waals surface area contributed by atoms with Crippen molar-refractivity contribution < 1.29 is 0 Å². The predicted octanol–water partition coefficient (Wildman–Crippen LogP) is 5.17. The van der Waals surface area contributed by atoms with Gasteiger partial charge >= 0.3 is 0 Å². The molecule has 1 aliphatic heterocycles. The SMILES string of the molecule is CC1(C)Cc2cc(Br)ccc2C(c2cnc3ccccc3c2)=N1. The number of halogens is 1. The molecular weight excluding hydrogens is 348 g/mol. The van der Waals surface area contributed by atoms with Crippen LogP contribution < -0.4 is 0 Å². The Labute approximate surface area is 144 Å². The molecule has 2 heterocycles. The normalized spacial score (nSPS) is 16.0. The highest BCUT2D eigenvalue weighted by Gasteiger charge is 2.27. The summed E-state index contributed by atoms with van der Waals surface area (Å²) in [7, 11) is 0. The molecule has 0 fully saturated rings. The van der Waals surface area contributed by atoms with E-state index in [1.54, 1.807) is 0 Å². The molecule has 114 valence electrons. The first-order chi connectivity index (χ1) is 11.0. The van der Waals surface area contributed by atoms with E-state index in [1.165, 1.54) is 11.1 Å². The highest BCUT2D eigenvalue weighted by molar-refractivity contribution is 9.10. The van der Waals surface area contributed by atoms with Gasteiger partial charge in [0.1, 0.15) is 0 Å². The van der Waals surface area contributed by atoms with Crippen molar-refractivity contribution in [2.24, 2.45) is 4.99 Å². The van der Waals surface area contributed by atoms with Gasteiger partial charge in [-0.3, -0.25) is 9.98 Å². The second-order valence-corrected chi connectivity index (χ2v) is 7.58. The first-order valence-electron chi connectivity index (χ1n) is 7.76. The number of fused-ring (bicyclic) bond motifs is 2. The van der Waals surface area contributed by atoms with E-state index in [4.69, 9.17) is 4.99 Å². The first kappa shape index (κ1) is 14.6. The maximum absolute atomic E-state index is 5.02. The highest BCUT2D eigenvalue weighted by Crippen LogP contribution is 2.31. The molecule has 0 spiro atoms. The van der Waals surface area contributed by atoms with Crippen LogP contribution in [-0.2, 0) is 6.42 Å². The Morgan fingerprint density at radius 1 is 1.04 bits per heavy atom. The molecule has 1 aliphatic rings. The number of aromatic nitrogens is 1. The summed E-state index contributed by atoms with van der Waals surface area (Å²) < 4.78 is 1.12. The quantitative estimate of drug-likeness (QED) is 0.584. The fourth-order valence-corrected chi connectivity index (χ4v) is 3.64. The minimum Gasteiger partial charge on any atom is -0.278 e. The van der Waals surface area contributed by atoms with Crippen molar-refractivity contribution in [3.05, 3.63) is 75.9 Å². The summed E-state index contributed by atoms with van der Waals surface area (Å²) in [6.07, 6.45) is 2.89. The molecule has 2 nitrogen and oxygen atoms in total. The molecule has 1 aromatic heterocycles. The largest absolute Gasteiger partial charge is 0.278 e. The Morgan fingerprint density at radius 2 is 1.87 bits per heavy atom. The molecule has 0 saturated carbocycles. The molecular formula is C20H17BrN2. The fraction of sp³-hybridized carbons (Fsp3) is 0.200. The molecule has 23 heavy (non-hydrogen) atoms. The lowest BCUT2D eigenvalue weighted by Gasteiger charge is -2.29. The van der Waals surface area contributed by atoms with Gasteiger partial charge in [-0.25, -0.2) is 0 Å². The molecule has 0 unspecified atom stereocenters. The molecule has 0 bridgehead atoms. The van der Waals surface area contributed by atoms with Crippen molar-refractivity contribution in [1.29, 1.82) is 0 Å². The molecule has 0 amide bonds. The van der Waals surface area contributed by atoms with Crippen LogP contribution in [0, 0.1) is 0 Å². The molecule has 3 aromatic rings. The number of benzene rings is 2. The summed E-state index contributed by atoms with van der Waals surface area (Å²) in [5.41, 5.74) is 5.59. The monoisotopic (exact) mass is 364 g/mol. The minimum absolute atomic E-state index is 0.102. The molecule has 4 rings (SSSR count). The second-order valence-electron chi connectivity index (χ2n) is 6.67. The number of pyridine rings is 1. The van der Waals surface area contributed by atoms with E-state index in [2.05, 4.69) is 65.1 Å². The highest BCUT2D eigenvalue weighted by atomic mass is 79.9. The van der Waals surface area contributed by atoms with E-state index < -0.39 is 0 Å². The summed E-state index contributed by atoms with van der Waals surface area (Å²) in [6, 6.07) is 16.8. The zero-order valence-electron chi connectivity index (χ0n) is 13.2.